The van der Waals surface area contributed by atoms with Crippen LogP contribution in [0.5, 0.6) is 0 Å². The van der Waals surface area contributed by atoms with E-state index >= 15 is 0 Å². The molecular weight excluding hydrogens is 406 g/mol. The molecule has 2 aliphatic heterocycles. The van der Waals surface area contributed by atoms with Crippen molar-refractivity contribution in [1.82, 2.24) is 20.4 Å². The van der Waals surface area contributed by atoms with Gasteiger partial charge in [0.1, 0.15) is 0 Å². The largest absolute Gasteiger partial charge is 0.392 e. The molecule has 1 aromatic heterocycles. The molecule has 2 N–H and O–H groups in total. The van der Waals surface area contributed by atoms with Crippen LogP contribution in [0.2, 0.25) is 0 Å². The van der Waals surface area contributed by atoms with Crippen LogP contribution in [-0.2, 0) is 10.2 Å². The summed E-state index contributed by atoms with van der Waals surface area (Å²) in [7, 11) is 0. The average molecular weight is 441 g/mol. The van der Waals surface area contributed by atoms with Crippen LogP contribution in [0.1, 0.15) is 77.4 Å². The van der Waals surface area contributed by atoms with E-state index in [0.29, 0.717) is 50.6 Å². The van der Waals surface area contributed by atoms with E-state index in [9.17, 15) is 18.7 Å². The number of nitrogens with one attached hydrogen (secondary N) is 1. The van der Waals surface area contributed by atoms with E-state index in [2.05, 4.69) is 29.3 Å². The zero-order valence-corrected chi connectivity index (χ0v) is 18.8. The lowest BCUT2D eigenvalue weighted by Gasteiger charge is -2.45. The fraction of sp³-hybridized carbons (Fsp3) is 0.864. The molecule has 9 heteroatoms. The SMILES string of the molecule is CC(C)C1(c2nc(C3CC(F)(F)C3)no2)CCN(C(=O)[C@@H]2C[C@@H](O)C(C)(C)CN2)CC1. The number of aliphatic hydroxyl groups is 1. The van der Waals surface area contributed by atoms with Crippen molar-refractivity contribution in [3.63, 3.8) is 0 Å². The minimum absolute atomic E-state index is 0.0230. The molecule has 7 nitrogen and oxygen atoms in total. The number of alkyl halides is 2. The number of likely N-dealkylation sites (tertiary alicyclic amines) is 1. The summed E-state index contributed by atoms with van der Waals surface area (Å²) < 4.78 is 32.1. The van der Waals surface area contributed by atoms with Gasteiger partial charge in [-0.05, 0) is 25.2 Å². The van der Waals surface area contributed by atoms with Gasteiger partial charge in [0.25, 0.3) is 0 Å². The normalized spacial score (nSPS) is 30.3. The van der Waals surface area contributed by atoms with Gasteiger partial charge in [0, 0.05) is 43.8 Å². The number of carbonyl (C=O) groups is 1. The van der Waals surface area contributed by atoms with Gasteiger partial charge in [-0.25, -0.2) is 8.78 Å². The van der Waals surface area contributed by atoms with Gasteiger partial charge < -0.3 is 19.8 Å². The number of aliphatic hydroxyl groups excluding tert-OH is 1. The Morgan fingerprint density at radius 1 is 1.26 bits per heavy atom. The van der Waals surface area contributed by atoms with Crippen LogP contribution in [0.3, 0.4) is 0 Å². The van der Waals surface area contributed by atoms with Crippen molar-refractivity contribution in [2.75, 3.05) is 19.6 Å². The van der Waals surface area contributed by atoms with Crippen LogP contribution in [0, 0.1) is 11.3 Å². The molecule has 1 saturated carbocycles. The van der Waals surface area contributed by atoms with Crippen LogP contribution in [-0.4, -0.2) is 63.8 Å². The Morgan fingerprint density at radius 2 is 1.90 bits per heavy atom. The summed E-state index contributed by atoms with van der Waals surface area (Å²) in [6, 6.07) is -0.370. The van der Waals surface area contributed by atoms with E-state index in [1.54, 1.807) is 0 Å². The highest BCUT2D eigenvalue weighted by molar-refractivity contribution is 5.82. The summed E-state index contributed by atoms with van der Waals surface area (Å²) in [6.07, 6.45) is 0.813. The van der Waals surface area contributed by atoms with Crippen LogP contribution in [0.25, 0.3) is 0 Å². The fourth-order valence-corrected chi connectivity index (χ4v) is 5.15. The van der Waals surface area contributed by atoms with Crippen molar-refractivity contribution in [3.05, 3.63) is 11.7 Å². The molecule has 1 aromatic rings. The quantitative estimate of drug-likeness (QED) is 0.748. The van der Waals surface area contributed by atoms with Gasteiger partial charge in [-0.15, -0.1) is 0 Å². The summed E-state index contributed by atoms with van der Waals surface area (Å²) in [4.78, 5) is 19.5. The van der Waals surface area contributed by atoms with Gasteiger partial charge in [0.05, 0.1) is 17.6 Å². The topological polar surface area (TPSA) is 91.5 Å². The number of amides is 1. The number of aromatic nitrogens is 2. The van der Waals surface area contributed by atoms with E-state index in [-0.39, 0.29) is 47.5 Å². The third-order valence-electron chi connectivity index (χ3n) is 7.86. The molecule has 0 aromatic carbocycles. The van der Waals surface area contributed by atoms with Crippen molar-refractivity contribution in [3.8, 4) is 0 Å². The second-order valence-corrected chi connectivity index (χ2v) is 10.7. The Balaban J connectivity index is 1.41. The van der Waals surface area contributed by atoms with Crippen molar-refractivity contribution in [1.29, 1.82) is 0 Å². The highest BCUT2D eigenvalue weighted by Gasteiger charge is 2.50. The molecule has 1 aliphatic carbocycles. The molecule has 0 radical (unpaired) electrons. The number of nitrogens with zero attached hydrogens (tertiary/aromatic N) is 3. The summed E-state index contributed by atoms with van der Waals surface area (Å²) in [6.45, 7) is 9.90. The Kier molecular flexibility index (Phi) is 5.65. The maximum absolute atomic E-state index is 13.2. The van der Waals surface area contributed by atoms with E-state index in [4.69, 9.17) is 4.52 Å². The fourth-order valence-electron chi connectivity index (χ4n) is 5.15. The van der Waals surface area contributed by atoms with Crippen LogP contribution in [0.15, 0.2) is 4.52 Å². The molecule has 1 amide bonds. The Labute approximate surface area is 181 Å². The number of hydrogen-bond acceptors (Lipinski definition) is 6. The number of halogens is 2. The molecule has 31 heavy (non-hydrogen) atoms. The lowest BCUT2D eigenvalue weighted by molar-refractivity contribution is -0.138. The summed E-state index contributed by atoms with van der Waals surface area (Å²) >= 11 is 0. The molecule has 174 valence electrons. The molecule has 4 rings (SSSR count). The molecule has 0 unspecified atom stereocenters. The zero-order chi connectivity index (χ0) is 22.6. The molecule has 2 atom stereocenters. The van der Waals surface area contributed by atoms with Gasteiger partial charge in [0.2, 0.25) is 17.7 Å². The first-order valence-corrected chi connectivity index (χ1v) is 11.4. The van der Waals surface area contributed by atoms with E-state index in [1.807, 2.05) is 18.7 Å². The summed E-state index contributed by atoms with van der Waals surface area (Å²) in [5.41, 5.74) is -0.610. The lowest BCUT2D eigenvalue weighted by atomic mass is 9.69. The molecule has 3 aliphatic rings. The maximum atomic E-state index is 13.2. The predicted octanol–water partition coefficient (Wildman–Crippen LogP) is 2.85. The van der Waals surface area contributed by atoms with Gasteiger partial charge >= 0.3 is 0 Å². The molecule has 3 fully saturated rings. The third kappa shape index (κ3) is 4.11. The Bertz CT molecular complexity index is 809. The molecule has 2 saturated heterocycles. The molecule has 0 bridgehead atoms. The van der Waals surface area contributed by atoms with E-state index in [1.165, 1.54) is 0 Å². The molecule has 3 heterocycles. The number of piperidine rings is 2. The highest BCUT2D eigenvalue weighted by atomic mass is 19.3. The highest BCUT2D eigenvalue weighted by Crippen LogP contribution is 2.48. The van der Waals surface area contributed by atoms with Crippen LogP contribution < -0.4 is 5.32 Å². The third-order valence-corrected chi connectivity index (χ3v) is 7.86. The first-order chi connectivity index (χ1) is 14.4. The first-order valence-electron chi connectivity index (χ1n) is 11.4. The van der Waals surface area contributed by atoms with Crippen molar-refractivity contribution >= 4 is 5.91 Å². The first kappa shape index (κ1) is 22.6. The monoisotopic (exact) mass is 440 g/mol. The smallest absolute Gasteiger partial charge is 0.249 e. The van der Waals surface area contributed by atoms with Crippen LogP contribution in [0.4, 0.5) is 8.78 Å². The van der Waals surface area contributed by atoms with Crippen molar-refractivity contribution < 1.29 is 23.2 Å². The molecule has 0 spiro atoms. The van der Waals surface area contributed by atoms with Gasteiger partial charge in [-0.1, -0.05) is 32.9 Å². The minimum atomic E-state index is -2.62. The standard InChI is InChI=1S/C22H34F2N4O3/c1-13(2)21(19-26-17(27-31-19)14-10-22(23,24)11-14)5-7-28(8-6-21)18(30)15-9-16(29)20(3,4)12-25-15/h13-16,25,29H,5-12H2,1-4H3/t15-,16+/m0/s1. The number of hydrogen-bond donors (Lipinski definition) is 2. The maximum Gasteiger partial charge on any atom is 0.249 e. The van der Waals surface area contributed by atoms with E-state index in [0.717, 1.165) is 0 Å². The summed E-state index contributed by atoms with van der Waals surface area (Å²) in [5.74, 6) is -1.85. The van der Waals surface area contributed by atoms with Crippen molar-refractivity contribution in [2.24, 2.45) is 11.3 Å². The van der Waals surface area contributed by atoms with Gasteiger partial charge in [0.15, 0.2) is 5.82 Å². The Hall–Kier alpha value is -1.61. The van der Waals surface area contributed by atoms with Crippen LogP contribution >= 0.6 is 0 Å². The second kappa shape index (κ2) is 7.76. The van der Waals surface area contributed by atoms with E-state index < -0.39 is 12.0 Å². The van der Waals surface area contributed by atoms with Gasteiger partial charge in [-0.2, -0.15) is 4.98 Å². The summed E-state index contributed by atoms with van der Waals surface area (Å²) in [5, 5.41) is 17.7. The lowest BCUT2D eigenvalue weighted by Crippen LogP contribution is -2.59. The predicted molar refractivity (Wildman–Crippen MR) is 110 cm³/mol. The second-order valence-electron chi connectivity index (χ2n) is 10.7. The number of rotatable bonds is 4. The molecular formula is C22H34F2N4O3. The minimum Gasteiger partial charge on any atom is -0.392 e. The zero-order valence-electron chi connectivity index (χ0n) is 18.8. The Morgan fingerprint density at radius 3 is 2.45 bits per heavy atom. The average Bonchev–Trinajstić information content (AvgIpc) is 3.18. The van der Waals surface area contributed by atoms with Crippen molar-refractivity contribution in [2.45, 2.75) is 89.2 Å². The number of carbonyl (C=O) groups excluding carboxylic acids is 1. The van der Waals surface area contributed by atoms with Gasteiger partial charge in [-0.3, -0.25) is 4.79 Å².